The lowest BCUT2D eigenvalue weighted by molar-refractivity contribution is -0.350. The van der Waals surface area contributed by atoms with Crippen molar-refractivity contribution in [3.63, 3.8) is 0 Å². The third kappa shape index (κ3) is 4.98. The SMILES string of the molecule is CCN1C(=O)[C@]23C[C@@H]4[C@H](C[C@]2(C[C@@H]2[C@H](C3)[C@@]3(COC)[C@@H]5C[C@@H](c6c5c(-c5ccccc5)c5c(OC)ccc(OC)c5c6-c5ccccc5)[C@@]23COC)C1=O)[C@@]1(COC)[C@@H]2C[C@@H]([C@@H]3[C@H]2[C@@H]2CC[C@H]3C2=C(C#N)C#N)[C@@]41COC. The van der Waals surface area contributed by atoms with Gasteiger partial charge in [0, 0.05) is 67.4 Å². The number of likely N-dealkylation sites (tertiary alicyclic amines) is 1. The van der Waals surface area contributed by atoms with Crippen LogP contribution in [-0.4, -0.2) is 92.3 Å². The number of fused-ring (bicyclic) bond motifs is 27. The summed E-state index contributed by atoms with van der Waals surface area (Å²) in [6.07, 6.45) is 6.62. The van der Waals surface area contributed by atoms with Crippen molar-refractivity contribution in [2.75, 3.05) is 75.6 Å². The van der Waals surface area contributed by atoms with Gasteiger partial charge >= 0.3 is 0 Å². The van der Waals surface area contributed by atoms with E-state index in [1.165, 1.54) is 22.3 Å². The van der Waals surface area contributed by atoms with Gasteiger partial charge in [0.15, 0.2) is 0 Å². The van der Waals surface area contributed by atoms with E-state index in [2.05, 4.69) is 84.9 Å². The molecule has 10 fully saturated rings. The molecule has 6 bridgehead atoms. The maximum Gasteiger partial charge on any atom is 0.236 e. The smallest absolute Gasteiger partial charge is 0.236 e. The van der Waals surface area contributed by atoms with E-state index in [4.69, 9.17) is 28.4 Å². The van der Waals surface area contributed by atoms with Crippen molar-refractivity contribution in [2.45, 2.75) is 70.1 Å². The van der Waals surface area contributed by atoms with Gasteiger partial charge in [0.1, 0.15) is 29.2 Å². The summed E-state index contributed by atoms with van der Waals surface area (Å²) in [6.45, 7) is 4.53. The first-order chi connectivity index (χ1) is 37.6. The zero-order valence-electron chi connectivity index (χ0n) is 45.7. The minimum atomic E-state index is -0.903. The summed E-state index contributed by atoms with van der Waals surface area (Å²) in [5.41, 5.74) is 5.55. The quantitative estimate of drug-likeness (QED) is 0.0550. The number of carbonyl (C=O) groups excluding carboxylic acids is 2. The minimum Gasteiger partial charge on any atom is -0.496 e. The largest absolute Gasteiger partial charge is 0.496 e. The van der Waals surface area contributed by atoms with Crippen LogP contribution in [0.1, 0.15) is 81.3 Å². The first kappa shape index (κ1) is 48.6. The van der Waals surface area contributed by atoms with Gasteiger partial charge < -0.3 is 28.4 Å². The number of ether oxygens (including phenoxy) is 6. The zero-order chi connectivity index (χ0) is 52.9. The van der Waals surface area contributed by atoms with E-state index in [0.717, 1.165) is 64.7 Å². The fourth-order valence-corrected chi connectivity index (χ4v) is 24.2. The molecule has 0 aromatic heterocycles. The number of allylic oxidation sites excluding steroid dienone is 2. The number of amides is 2. The number of imide groups is 1. The maximum atomic E-state index is 16.2. The highest BCUT2D eigenvalue weighted by molar-refractivity contribution is 6.15. The summed E-state index contributed by atoms with van der Waals surface area (Å²) in [5, 5.41) is 22.8. The summed E-state index contributed by atoms with van der Waals surface area (Å²) >= 11 is 0. The molecule has 4 aromatic rings. The highest BCUT2D eigenvalue weighted by atomic mass is 16.5. The van der Waals surface area contributed by atoms with Crippen LogP contribution in [0.15, 0.2) is 83.9 Å². The van der Waals surface area contributed by atoms with Crippen LogP contribution >= 0.6 is 0 Å². The van der Waals surface area contributed by atoms with Crippen molar-refractivity contribution < 1.29 is 38.0 Å². The Labute approximate surface area is 452 Å². The molecule has 1 saturated heterocycles. The van der Waals surface area contributed by atoms with E-state index in [0.29, 0.717) is 87.9 Å². The third-order valence-electron chi connectivity index (χ3n) is 25.4. The molecule has 0 radical (unpaired) electrons. The lowest BCUT2D eigenvalue weighted by Gasteiger charge is -2.80. The molecule has 1 heterocycles. The molecule has 15 rings (SSSR count). The minimum absolute atomic E-state index is 0.0390. The number of nitriles is 2. The van der Waals surface area contributed by atoms with Crippen LogP contribution in [0.5, 0.6) is 11.5 Å². The number of benzene rings is 4. The van der Waals surface area contributed by atoms with Gasteiger partial charge in [0.2, 0.25) is 11.8 Å². The lowest BCUT2D eigenvalue weighted by atomic mass is 9.22. The van der Waals surface area contributed by atoms with E-state index in [9.17, 15) is 10.5 Å². The molecule has 11 nitrogen and oxygen atoms in total. The standard InChI is InChI=1S/C66H71N3O8/c1-8-69-59(70)61-25-44-45(64(32-73-3)41-23-40(63(44,64)31-72-2)53-38-19-20-39(54(41)53)50(38)37(29-67)30-68)26-62(61,60(69)71)28-47-46(27-61)65(33-74-4)42-24-43(66(47,65)34-75-5)56-52(36-17-13-10-14-18-36)58-49(77-7)22-21-48(76-6)57(58)51(55(42)56)35-15-11-9-12-16-35/h9-18,21-22,38-47,53-54H,8,19-20,23-28,31-34H2,1-7H3/t38-,39+,40-,41+,42+,43-,44+,45-,46-,47+,53+,54-,61+,62-,63-,64+,65+,66-. The van der Waals surface area contributed by atoms with E-state index < -0.39 is 21.7 Å². The molecular weight excluding hydrogens is 963 g/mol. The Kier molecular flexibility index (Phi) is 10.3. The summed E-state index contributed by atoms with van der Waals surface area (Å²) in [4.78, 5) is 34.1. The Morgan fingerprint density at radius 1 is 0.545 bits per heavy atom. The molecule has 2 amide bonds. The molecule has 1 aliphatic heterocycles. The van der Waals surface area contributed by atoms with Gasteiger partial charge in [0.05, 0.1) is 51.5 Å². The zero-order valence-corrected chi connectivity index (χ0v) is 45.7. The first-order valence-corrected chi connectivity index (χ1v) is 28.8. The predicted octanol–water partition coefficient (Wildman–Crippen LogP) is 11.0. The molecule has 10 aliphatic carbocycles. The van der Waals surface area contributed by atoms with Crippen LogP contribution in [0.2, 0.25) is 0 Å². The molecule has 18 atom stereocenters. The Morgan fingerprint density at radius 2 is 0.935 bits per heavy atom. The lowest BCUT2D eigenvalue weighted by Crippen LogP contribution is -2.80. The number of hydrogen-bond donors (Lipinski definition) is 0. The highest BCUT2D eigenvalue weighted by Gasteiger charge is 2.93. The summed E-state index contributed by atoms with van der Waals surface area (Å²) in [5.74, 6) is 4.02. The Hall–Kier alpha value is -5.56. The third-order valence-corrected chi connectivity index (χ3v) is 25.4. The highest BCUT2D eigenvalue weighted by Crippen LogP contribution is 2.94. The number of carbonyl (C=O) groups is 2. The van der Waals surface area contributed by atoms with Crippen LogP contribution in [-0.2, 0) is 28.5 Å². The molecule has 0 N–H and O–H groups in total. The predicted molar refractivity (Wildman–Crippen MR) is 288 cm³/mol. The van der Waals surface area contributed by atoms with Crippen LogP contribution in [0.3, 0.4) is 0 Å². The van der Waals surface area contributed by atoms with Crippen molar-refractivity contribution in [3.05, 3.63) is 95.1 Å². The fraction of sp³-hybridized carbons (Fsp3) is 0.576. The van der Waals surface area contributed by atoms with E-state index >= 15 is 9.59 Å². The second kappa shape index (κ2) is 16.3. The van der Waals surface area contributed by atoms with Crippen molar-refractivity contribution >= 4 is 22.6 Å². The van der Waals surface area contributed by atoms with Crippen LogP contribution < -0.4 is 9.47 Å². The molecule has 77 heavy (non-hydrogen) atoms. The van der Waals surface area contributed by atoms with Crippen LogP contribution in [0.25, 0.3) is 33.0 Å². The van der Waals surface area contributed by atoms with Crippen LogP contribution in [0, 0.1) is 114 Å². The van der Waals surface area contributed by atoms with Gasteiger partial charge in [-0.1, -0.05) is 60.7 Å². The second-order valence-corrected chi connectivity index (χ2v) is 26.0. The summed E-state index contributed by atoms with van der Waals surface area (Å²) in [6, 6.07) is 30.4. The summed E-state index contributed by atoms with van der Waals surface area (Å²) in [7, 11) is 11.0. The van der Waals surface area contributed by atoms with Gasteiger partial charge in [-0.3, -0.25) is 14.5 Å². The van der Waals surface area contributed by atoms with Crippen molar-refractivity contribution in [3.8, 4) is 45.9 Å². The van der Waals surface area contributed by atoms with E-state index in [1.54, 1.807) is 19.1 Å². The van der Waals surface area contributed by atoms with Gasteiger partial charge in [-0.2, -0.15) is 10.5 Å². The molecular formula is C66H71N3O8. The number of nitrogens with zero attached hydrogens (tertiary/aromatic N) is 3. The number of methoxy groups -OCH3 is 6. The first-order valence-electron chi connectivity index (χ1n) is 28.8. The average Bonchev–Trinajstić information content (AvgIpc) is 3.98. The second-order valence-electron chi connectivity index (χ2n) is 26.0. The Bertz CT molecular complexity index is 3140. The van der Waals surface area contributed by atoms with Crippen LogP contribution in [0.4, 0.5) is 0 Å². The molecule has 11 aliphatic rings. The normalized spacial score (nSPS) is 42.0. The average molecular weight is 1030 g/mol. The Balaban J connectivity index is 0.954. The molecule has 4 aromatic carbocycles. The van der Waals surface area contributed by atoms with Gasteiger partial charge in [-0.05, 0) is 180 Å². The van der Waals surface area contributed by atoms with Crippen molar-refractivity contribution in [1.29, 1.82) is 10.5 Å². The van der Waals surface area contributed by atoms with Gasteiger partial charge in [0.25, 0.3) is 0 Å². The molecule has 0 spiro atoms. The Morgan fingerprint density at radius 3 is 1.30 bits per heavy atom. The summed E-state index contributed by atoms with van der Waals surface area (Å²) < 4.78 is 39.3. The van der Waals surface area contributed by atoms with Gasteiger partial charge in [-0.25, -0.2) is 0 Å². The molecule has 9 saturated carbocycles. The van der Waals surface area contributed by atoms with E-state index in [-0.39, 0.29) is 70.0 Å². The van der Waals surface area contributed by atoms with E-state index in [1.807, 2.05) is 35.4 Å². The van der Waals surface area contributed by atoms with Gasteiger partial charge in [-0.15, -0.1) is 0 Å². The monoisotopic (exact) mass is 1030 g/mol. The molecule has 398 valence electrons. The van der Waals surface area contributed by atoms with Crippen molar-refractivity contribution in [1.82, 2.24) is 4.90 Å². The number of rotatable bonds is 13. The topological polar surface area (TPSA) is 140 Å². The maximum absolute atomic E-state index is 16.2. The number of hydrogen-bond acceptors (Lipinski definition) is 10. The molecule has 0 unspecified atom stereocenters. The van der Waals surface area contributed by atoms with Crippen molar-refractivity contribution in [2.24, 2.45) is 91.7 Å². The molecule has 11 heteroatoms. The fourth-order valence-electron chi connectivity index (χ4n) is 24.2.